The Morgan fingerprint density at radius 3 is 2.24 bits per heavy atom. The molecule has 8 heteroatoms. The highest BCUT2D eigenvalue weighted by Gasteiger charge is 2.30. The van der Waals surface area contributed by atoms with Gasteiger partial charge >= 0.3 is 5.97 Å². The first-order valence-corrected chi connectivity index (χ1v) is 12.0. The number of allylic oxidation sites excluding steroid dienone is 4. The van der Waals surface area contributed by atoms with E-state index >= 15 is 0 Å². The molecular weight excluding hydrogens is 488 g/mol. The zero-order valence-corrected chi connectivity index (χ0v) is 22.2. The Bertz CT molecular complexity index is 1300. The number of hydrogen-bond acceptors (Lipinski definition) is 7. The van der Waals surface area contributed by atoms with E-state index in [4.69, 9.17) is 24.1 Å². The molecule has 0 amide bonds. The summed E-state index contributed by atoms with van der Waals surface area (Å²) in [5, 5.41) is 9.08. The van der Waals surface area contributed by atoms with E-state index in [-0.39, 0.29) is 34.4 Å². The molecule has 1 N–H and O–H groups in total. The van der Waals surface area contributed by atoms with E-state index in [0.717, 1.165) is 35.5 Å². The number of carboxylic acids is 1. The molecule has 200 valence electrons. The monoisotopic (exact) mass is 520 g/mol. The quantitative estimate of drug-likeness (QED) is 0.398. The fourth-order valence-electron chi connectivity index (χ4n) is 4.33. The van der Waals surface area contributed by atoms with Crippen LogP contribution >= 0.6 is 0 Å². The van der Waals surface area contributed by atoms with Crippen LogP contribution in [0.4, 0.5) is 0 Å². The third kappa shape index (κ3) is 6.14. The number of benzene rings is 2. The average Bonchev–Trinajstić information content (AvgIpc) is 2.90. The molecule has 1 aliphatic carbocycles. The zero-order valence-electron chi connectivity index (χ0n) is 22.2. The molecule has 2 aromatic rings. The molecule has 0 spiro atoms. The molecule has 8 nitrogen and oxygen atoms in total. The number of rotatable bonds is 7. The van der Waals surface area contributed by atoms with Crippen LogP contribution in [0.25, 0.3) is 0 Å². The SMILES string of the molecule is C=CC(C1=CC(=O)C(OC)=CC1=O)c1ccc(OC)cc1.COc1c(C(=O)O)ccc2c1CCC(C)(C)O2. The van der Waals surface area contributed by atoms with E-state index in [1.54, 1.807) is 31.4 Å². The molecule has 0 bridgehead atoms. The second-order valence-corrected chi connectivity index (χ2v) is 9.32. The van der Waals surface area contributed by atoms with Crippen LogP contribution in [0.2, 0.25) is 0 Å². The predicted molar refractivity (Wildman–Crippen MR) is 142 cm³/mol. The molecule has 0 saturated carbocycles. The standard InChI is InChI=1S/C17H16O4.C13H16O4/c1-4-13(11-5-7-12(20-2)8-6-11)14-9-16(19)17(21-3)10-15(14)18;1-13(2)7-6-8-10(17-13)5-4-9(12(14)15)11(8)16-3/h4-10,13H,1H2,2-3H3;4-5H,6-7H2,1-3H3,(H,14,15). The first kappa shape index (κ1) is 28.2. The summed E-state index contributed by atoms with van der Waals surface area (Å²) >= 11 is 0. The number of methoxy groups -OCH3 is 3. The Morgan fingerprint density at radius 1 is 1.00 bits per heavy atom. The number of hydrogen-bond donors (Lipinski definition) is 1. The van der Waals surface area contributed by atoms with Gasteiger partial charge in [-0.3, -0.25) is 9.59 Å². The predicted octanol–water partition coefficient (Wildman–Crippen LogP) is 5.07. The van der Waals surface area contributed by atoms with Gasteiger partial charge in [-0.15, -0.1) is 6.58 Å². The van der Waals surface area contributed by atoms with Crippen molar-refractivity contribution in [3.63, 3.8) is 0 Å². The van der Waals surface area contributed by atoms with Gasteiger partial charge in [0.25, 0.3) is 0 Å². The third-order valence-electron chi connectivity index (χ3n) is 6.36. The molecule has 1 aliphatic heterocycles. The van der Waals surface area contributed by atoms with Crippen LogP contribution in [0.15, 0.2) is 72.5 Å². The van der Waals surface area contributed by atoms with E-state index < -0.39 is 5.97 Å². The number of ether oxygens (including phenoxy) is 4. The van der Waals surface area contributed by atoms with Gasteiger partial charge in [-0.1, -0.05) is 18.2 Å². The molecule has 1 unspecified atom stereocenters. The smallest absolute Gasteiger partial charge is 0.339 e. The zero-order chi connectivity index (χ0) is 28.0. The maximum Gasteiger partial charge on any atom is 0.339 e. The van der Waals surface area contributed by atoms with Crippen LogP contribution in [-0.2, 0) is 20.7 Å². The van der Waals surface area contributed by atoms with Crippen molar-refractivity contribution in [2.24, 2.45) is 0 Å². The van der Waals surface area contributed by atoms with Crippen LogP contribution in [-0.4, -0.2) is 49.6 Å². The van der Waals surface area contributed by atoms with Crippen molar-refractivity contribution in [1.29, 1.82) is 0 Å². The summed E-state index contributed by atoms with van der Waals surface area (Å²) in [4.78, 5) is 35.1. The van der Waals surface area contributed by atoms with E-state index in [1.165, 1.54) is 32.4 Å². The van der Waals surface area contributed by atoms with Crippen molar-refractivity contribution in [2.45, 2.75) is 38.2 Å². The van der Waals surface area contributed by atoms with Gasteiger partial charge in [-0.05, 0) is 62.6 Å². The fourth-order valence-corrected chi connectivity index (χ4v) is 4.33. The maximum absolute atomic E-state index is 12.2. The van der Waals surface area contributed by atoms with Crippen molar-refractivity contribution in [3.05, 3.63) is 89.2 Å². The maximum atomic E-state index is 12.2. The second kappa shape index (κ2) is 11.8. The topological polar surface area (TPSA) is 108 Å². The Kier molecular flexibility index (Phi) is 8.78. The van der Waals surface area contributed by atoms with Crippen LogP contribution in [0.1, 0.15) is 47.7 Å². The van der Waals surface area contributed by atoms with Gasteiger partial charge in [-0.2, -0.15) is 0 Å². The molecule has 0 saturated heterocycles. The summed E-state index contributed by atoms with van der Waals surface area (Å²) in [5.41, 5.74) is 2.10. The van der Waals surface area contributed by atoms with E-state index in [9.17, 15) is 14.4 Å². The molecule has 2 aromatic carbocycles. The van der Waals surface area contributed by atoms with Crippen LogP contribution in [0.3, 0.4) is 0 Å². The van der Waals surface area contributed by atoms with Crippen LogP contribution < -0.4 is 14.2 Å². The number of carbonyl (C=O) groups excluding carboxylic acids is 2. The lowest BCUT2D eigenvalue weighted by Crippen LogP contribution is -2.32. The van der Waals surface area contributed by atoms with Crippen LogP contribution in [0, 0.1) is 0 Å². The highest BCUT2D eigenvalue weighted by atomic mass is 16.5. The third-order valence-corrected chi connectivity index (χ3v) is 6.36. The number of ketones is 2. The first-order valence-electron chi connectivity index (χ1n) is 12.0. The molecule has 1 atom stereocenters. The van der Waals surface area contributed by atoms with Gasteiger partial charge in [-0.25, -0.2) is 4.79 Å². The van der Waals surface area contributed by atoms with E-state index in [0.29, 0.717) is 11.3 Å². The lowest BCUT2D eigenvalue weighted by atomic mass is 9.85. The summed E-state index contributed by atoms with van der Waals surface area (Å²) < 4.78 is 21.0. The molecular formula is C30H32O8. The molecule has 1 heterocycles. The fraction of sp³-hybridized carbons (Fsp3) is 0.300. The summed E-state index contributed by atoms with van der Waals surface area (Å²) in [6.07, 6.45) is 5.80. The molecule has 38 heavy (non-hydrogen) atoms. The minimum atomic E-state index is -0.977. The number of carbonyl (C=O) groups is 3. The Morgan fingerprint density at radius 2 is 1.68 bits per heavy atom. The summed E-state index contributed by atoms with van der Waals surface area (Å²) in [6.45, 7) is 7.81. The van der Waals surface area contributed by atoms with Gasteiger partial charge in [0.15, 0.2) is 11.5 Å². The molecule has 4 rings (SSSR count). The normalized spacial score (nSPS) is 16.3. The Labute approximate surface area is 222 Å². The lowest BCUT2D eigenvalue weighted by Gasteiger charge is -2.33. The van der Waals surface area contributed by atoms with E-state index in [2.05, 4.69) is 6.58 Å². The Hall–Kier alpha value is -4.33. The summed E-state index contributed by atoms with van der Waals surface area (Å²) in [7, 11) is 4.44. The van der Waals surface area contributed by atoms with E-state index in [1.807, 2.05) is 26.0 Å². The van der Waals surface area contributed by atoms with Gasteiger partial charge in [0.1, 0.15) is 28.4 Å². The Balaban J connectivity index is 0.000000215. The lowest BCUT2D eigenvalue weighted by molar-refractivity contribution is -0.117. The minimum absolute atomic E-state index is 0.0568. The van der Waals surface area contributed by atoms with Gasteiger partial charge in [0.2, 0.25) is 5.78 Å². The van der Waals surface area contributed by atoms with Crippen molar-refractivity contribution in [1.82, 2.24) is 0 Å². The minimum Gasteiger partial charge on any atom is -0.497 e. The van der Waals surface area contributed by atoms with Crippen LogP contribution in [0.5, 0.6) is 17.2 Å². The van der Waals surface area contributed by atoms with Crippen molar-refractivity contribution in [2.75, 3.05) is 21.3 Å². The second-order valence-electron chi connectivity index (χ2n) is 9.32. The number of carboxylic acid groups (broad SMARTS) is 1. The van der Waals surface area contributed by atoms with Crippen molar-refractivity contribution < 1.29 is 38.4 Å². The van der Waals surface area contributed by atoms with Crippen molar-refractivity contribution in [3.8, 4) is 17.2 Å². The van der Waals surface area contributed by atoms with Gasteiger partial charge in [0.05, 0.1) is 21.3 Å². The largest absolute Gasteiger partial charge is 0.497 e. The highest BCUT2D eigenvalue weighted by Crippen LogP contribution is 2.40. The molecule has 0 aromatic heterocycles. The molecule has 0 radical (unpaired) electrons. The highest BCUT2D eigenvalue weighted by molar-refractivity contribution is 6.19. The first-order chi connectivity index (χ1) is 18.0. The summed E-state index contributed by atoms with van der Waals surface area (Å²) in [6, 6.07) is 10.5. The van der Waals surface area contributed by atoms with Crippen molar-refractivity contribution >= 4 is 17.5 Å². The molecule has 0 fully saturated rings. The average molecular weight is 521 g/mol. The van der Waals surface area contributed by atoms with Gasteiger partial charge < -0.3 is 24.1 Å². The number of fused-ring (bicyclic) bond motifs is 1. The molecule has 2 aliphatic rings. The summed E-state index contributed by atoms with van der Waals surface area (Å²) in [5.74, 6) is 0.0502. The van der Waals surface area contributed by atoms with Gasteiger partial charge in [0, 0.05) is 23.1 Å². The number of aromatic carboxylic acids is 1.